The van der Waals surface area contributed by atoms with Crippen LogP contribution in [0.25, 0.3) is 0 Å². The highest BCUT2D eigenvalue weighted by Gasteiger charge is 2.18. The van der Waals surface area contributed by atoms with Crippen LogP contribution in [0.1, 0.15) is 23.0 Å². The summed E-state index contributed by atoms with van der Waals surface area (Å²) >= 11 is 0. The molecule has 3 rings (SSSR count). The summed E-state index contributed by atoms with van der Waals surface area (Å²) in [6.45, 7) is 0.276. The normalized spacial score (nSPS) is 12.3. The largest absolute Gasteiger partial charge is 0.336 e. The first kappa shape index (κ1) is 15.4. The lowest BCUT2D eigenvalue weighted by Crippen LogP contribution is -2.25. The molecule has 0 saturated heterocycles. The predicted molar refractivity (Wildman–Crippen MR) is 84.7 cm³/mol. The number of imidazole rings is 1. The van der Waals surface area contributed by atoms with Crippen LogP contribution < -0.4 is 5.32 Å². The summed E-state index contributed by atoms with van der Waals surface area (Å²) in [7, 11) is 1.92. The molecule has 2 aromatic carbocycles. The number of aryl methyl sites for hydroxylation is 1. The standard InChI is InChI=1S/C18H17F2N3/c1-23-10-9-21-18(23)17(13-5-3-2-4-6-13)22-12-14-7-8-15(19)11-16(14)20/h2-11,17,22H,12H2,1H3. The molecule has 1 unspecified atom stereocenters. The second kappa shape index (κ2) is 6.71. The smallest absolute Gasteiger partial charge is 0.130 e. The van der Waals surface area contributed by atoms with Gasteiger partial charge >= 0.3 is 0 Å². The van der Waals surface area contributed by atoms with Crippen molar-refractivity contribution in [2.24, 2.45) is 7.05 Å². The number of hydrogen-bond acceptors (Lipinski definition) is 2. The van der Waals surface area contributed by atoms with Gasteiger partial charge in [-0.25, -0.2) is 13.8 Å². The number of nitrogens with zero attached hydrogens (tertiary/aromatic N) is 2. The van der Waals surface area contributed by atoms with Gasteiger partial charge in [-0.3, -0.25) is 5.32 Å². The lowest BCUT2D eigenvalue weighted by Gasteiger charge is -2.19. The fourth-order valence-electron chi connectivity index (χ4n) is 2.54. The Morgan fingerprint density at radius 2 is 1.91 bits per heavy atom. The van der Waals surface area contributed by atoms with Gasteiger partial charge in [-0.2, -0.15) is 0 Å². The van der Waals surface area contributed by atoms with Gasteiger partial charge in [0.25, 0.3) is 0 Å². The Hall–Kier alpha value is -2.53. The van der Waals surface area contributed by atoms with Crippen molar-refractivity contribution in [1.29, 1.82) is 0 Å². The van der Waals surface area contributed by atoms with Gasteiger partial charge in [0, 0.05) is 37.6 Å². The zero-order valence-electron chi connectivity index (χ0n) is 12.7. The van der Waals surface area contributed by atoms with Crippen LogP contribution in [0.2, 0.25) is 0 Å². The lowest BCUT2D eigenvalue weighted by molar-refractivity contribution is 0.527. The van der Waals surface area contributed by atoms with Crippen molar-refractivity contribution in [3.05, 3.63) is 89.5 Å². The maximum Gasteiger partial charge on any atom is 0.130 e. The van der Waals surface area contributed by atoms with Gasteiger partial charge in [0.2, 0.25) is 0 Å². The first-order chi connectivity index (χ1) is 11.1. The first-order valence-corrected chi connectivity index (χ1v) is 7.34. The van der Waals surface area contributed by atoms with E-state index in [-0.39, 0.29) is 12.6 Å². The maximum atomic E-state index is 13.8. The zero-order valence-corrected chi connectivity index (χ0v) is 12.7. The molecule has 0 radical (unpaired) electrons. The second-order valence-corrected chi connectivity index (χ2v) is 5.36. The Kier molecular flexibility index (Phi) is 4.48. The SMILES string of the molecule is Cn1ccnc1C(NCc1ccc(F)cc1F)c1ccccc1. The summed E-state index contributed by atoms with van der Waals surface area (Å²) in [5.41, 5.74) is 1.45. The van der Waals surface area contributed by atoms with E-state index >= 15 is 0 Å². The van der Waals surface area contributed by atoms with Crippen LogP contribution in [-0.4, -0.2) is 9.55 Å². The Morgan fingerprint density at radius 1 is 1.13 bits per heavy atom. The third-order valence-corrected chi connectivity index (χ3v) is 3.76. The monoisotopic (exact) mass is 313 g/mol. The molecule has 0 aliphatic heterocycles. The van der Waals surface area contributed by atoms with Crippen LogP contribution in [0, 0.1) is 11.6 Å². The van der Waals surface area contributed by atoms with Crippen molar-refractivity contribution in [3.8, 4) is 0 Å². The topological polar surface area (TPSA) is 29.9 Å². The highest BCUT2D eigenvalue weighted by atomic mass is 19.1. The van der Waals surface area contributed by atoms with E-state index < -0.39 is 11.6 Å². The molecule has 0 amide bonds. The molecule has 5 heteroatoms. The summed E-state index contributed by atoms with van der Waals surface area (Å²) in [4.78, 5) is 4.39. The van der Waals surface area contributed by atoms with Crippen molar-refractivity contribution < 1.29 is 8.78 Å². The molecule has 1 atom stereocenters. The number of halogens is 2. The quantitative estimate of drug-likeness (QED) is 0.780. The Bertz CT molecular complexity index is 784. The Morgan fingerprint density at radius 3 is 2.57 bits per heavy atom. The predicted octanol–water partition coefficient (Wildman–Crippen LogP) is 3.58. The summed E-state index contributed by atoms with van der Waals surface area (Å²) in [5.74, 6) is -0.294. The Balaban J connectivity index is 1.86. The van der Waals surface area contributed by atoms with E-state index in [1.54, 1.807) is 6.20 Å². The van der Waals surface area contributed by atoms with Gasteiger partial charge in [0.1, 0.15) is 17.5 Å². The molecule has 0 fully saturated rings. The molecule has 1 heterocycles. The van der Waals surface area contributed by atoms with E-state index in [1.807, 2.05) is 48.1 Å². The third-order valence-electron chi connectivity index (χ3n) is 3.76. The van der Waals surface area contributed by atoms with Crippen molar-refractivity contribution in [3.63, 3.8) is 0 Å². The molecule has 3 aromatic rings. The van der Waals surface area contributed by atoms with Crippen LogP contribution in [-0.2, 0) is 13.6 Å². The van der Waals surface area contributed by atoms with E-state index in [4.69, 9.17) is 0 Å². The van der Waals surface area contributed by atoms with E-state index in [9.17, 15) is 8.78 Å². The second-order valence-electron chi connectivity index (χ2n) is 5.36. The van der Waals surface area contributed by atoms with Crippen molar-refractivity contribution in [1.82, 2.24) is 14.9 Å². The van der Waals surface area contributed by atoms with Crippen LogP contribution in [0.4, 0.5) is 8.78 Å². The van der Waals surface area contributed by atoms with Gasteiger partial charge in [0.05, 0.1) is 6.04 Å². The molecule has 1 N–H and O–H groups in total. The van der Waals surface area contributed by atoms with E-state index in [2.05, 4.69) is 10.3 Å². The highest BCUT2D eigenvalue weighted by Crippen LogP contribution is 2.21. The van der Waals surface area contributed by atoms with Crippen molar-refractivity contribution in [2.45, 2.75) is 12.6 Å². The molecule has 1 aromatic heterocycles. The maximum absolute atomic E-state index is 13.8. The van der Waals surface area contributed by atoms with Gasteiger partial charge in [0.15, 0.2) is 0 Å². The molecule has 3 nitrogen and oxygen atoms in total. The van der Waals surface area contributed by atoms with E-state index in [0.29, 0.717) is 5.56 Å². The zero-order chi connectivity index (χ0) is 16.2. The van der Waals surface area contributed by atoms with Crippen LogP contribution in [0.15, 0.2) is 60.9 Å². The molecule has 0 saturated carbocycles. The fourth-order valence-corrected chi connectivity index (χ4v) is 2.54. The summed E-state index contributed by atoms with van der Waals surface area (Å²) in [6.07, 6.45) is 3.59. The number of hydrogen-bond donors (Lipinski definition) is 1. The highest BCUT2D eigenvalue weighted by molar-refractivity contribution is 5.26. The molecule has 0 bridgehead atoms. The van der Waals surface area contributed by atoms with Gasteiger partial charge in [-0.1, -0.05) is 36.4 Å². The minimum absolute atomic E-state index is 0.180. The van der Waals surface area contributed by atoms with Gasteiger partial charge < -0.3 is 4.57 Å². The van der Waals surface area contributed by atoms with Crippen molar-refractivity contribution in [2.75, 3.05) is 0 Å². The van der Waals surface area contributed by atoms with Gasteiger partial charge in [-0.15, -0.1) is 0 Å². The van der Waals surface area contributed by atoms with E-state index in [0.717, 1.165) is 17.5 Å². The molecule has 0 spiro atoms. The molecular weight excluding hydrogens is 296 g/mol. The molecule has 23 heavy (non-hydrogen) atoms. The first-order valence-electron chi connectivity index (χ1n) is 7.34. The average molecular weight is 313 g/mol. The Labute approximate surface area is 133 Å². The minimum Gasteiger partial charge on any atom is -0.336 e. The van der Waals surface area contributed by atoms with Gasteiger partial charge in [-0.05, 0) is 11.6 Å². The minimum atomic E-state index is -0.574. The average Bonchev–Trinajstić information content (AvgIpc) is 2.97. The number of benzene rings is 2. The summed E-state index contributed by atoms with van der Waals surface area (Å²) < 4.78 is 28.8. The molecule has 0 aliphatic rings. The lowest BCUT2D eigenvalue weighted by atomic mass is 10.1. The number of rotatable bonds is 5. The molecular formula is C18H17F2N3. The van der Waals surface area contributed by atoms with E-state index in [1.165, 1.54) is 12.1 Å². The van der Waals surface area contributed by atoms with Crippen LogP contribution in [0.5, 0.6) is 0 Å². The van der Waals surface area contributed by atoms with Crippen LogP contribution in [0.3, 0.4) is 0 Å². The fraction of sp³-hybridized carbons (Fsp3) is 0.167. The summed E-state index contributed by atoms with van der Waals surface area (Å²) in [5, 5.41) is 3.31. The van der Waals surface area contributed by atoms with Crippen molar-refractivity contribution >= 4 is 0 Å². The van der Waals surface area contributed by atoms with Crippen LogP contribution >= 0.6 is 0 Å². The summed E-state index contributed by atoms with van der Waals surface area (Å²) in [6, 6.07) is 13.3. The molecule has 0 aliphatic carbocycles. The number of nitrogens with one attached hydrogen (secondary N) is 1. The number of aromatic nitrogens is 2. The molecule has 118 valence electrons. The third kappa shape index (κ3) is 3.46.